The van der Waals surface area contributed by atoms with Crippen LogP contribution >= 0.6 is 0 Å². The number of carbonyl (C=O) groups excluding carboxylic acids is 2. The van der Waals surface area contributed by atoms with Gasteiger partial charge in [-0.15, -0.1) is 0 Å². The third-order valence-electron chi connectivity index (χ3n) is 9.29. The summed E-state index contributed by atoms with van der Waals surface area (Å²) in [6.07, 6.45) is 9.90. The Morgan fingerprint density at radius 2 is 1.84 bits per heavy atom. The fourth-order valence-electron chi connectivity index (χ4n) is 7.13. The quantitative estimate of drug-likeness (QED) is 0.110. The van der Waals surface area contributed by atoms with Gasteiger partial charge in [-0.1, -0.05) is 30.3 Å². The van der Waals surface area contributed by atoms with Gasteiger partial charge in [-0.2, -0.15) is 0 Å². The third kappa shape index (κ3) is 6.96. The number of fused-ring (bicyclic) bond motifs is 3. The van der Waals surface area contributed by atoms with Crippen molar-refractivity contribution >= 4 is 33.8 Å². The number of alkyl carbamates (subject to hydrolysis) is 1. The predicted molar refractivity (Wildman–Crippen MR) is 195 cm³/mol. The smallest absolute Gasteiger partial charge is 0.407 e. The molecule has 0 radical (unpaired) electrons. The lowest BCUT2D eigenvalue weighted by Crippen LogP contribution is -2.33. The number of rotatable bonds is 11. The van der Waals surface area contributed by atoms with E-state index in [4.69, 9.17) is 4.74 Å². The molecule has 4 heterocycles. The maximum atomic E-state index is 12.9. The molecule has 1 aliphatic heterocycles. The Bertz CT molecular complexity index is 2200. The number of amides is 2. The Balaban J connectivity index is 1.10. The summed E-state index contributed by atoms with van der Waals surface area (Å²) in [5, 5.41) is 18.6. The number of nitrogens with zero attached hydrogens (tertiary/aromatic N) is 3. The van der Waals surface area contributed by atoms with Gasteiger partial charge >= 0.3 is 6.09 Å². The summed E-state index contributed by atoms with van der Waals surface area (Å²) in [5.74, 6) is 0.0253. The Morgan fingerprint density at radius 1 is 1.00 bits per heavy atom. The van der Waals surface area contributed by atoms with Gasteiger partial charge in [-0.3, -0.25) is 4.79 Å². The number of benzene rings is 3. The number of aryl methyl sites for hydroxylation is 4. The first kappa shape index (κ1) is 33.0. The minimum Gasteiger partial charge on any atom is -0.508 e. The molecule has 3 aromatic carbocycles. The standard InChI is InChI=1S/C40H44N6O4/c1-40(2,3)50-39(49)41-18-8-10-26-21-46(23-27-22-45(4)24-42-27)35-19-25(14-16-29(26)35)9-7-13-34-36(31-11-5-6-12-33(31)43-34)37-32-20-28(47)15-17-30(32)38(48)44-37/h5-6,11-12,14-17,19-22,24,37,43,47H,7-10,13,18,23H2,1-4H3,(H,41,49)(H,44,48). The molecule has 0 spiro atoms. The average molecular weight is 673 g/mol. The lowest BCUT2D eigenvalue weighted by molar-refractivity contribution is 0.0527. The molecule has 0 saturated heterocycles. The van der Waals surface area contributed by atoms with Crippen molar-refractivity contribution in [3.05, 3.63) is 119 Å². The highest BCUT2D eigenvalue weighted by atomic mass is 16.6. The van der Waals surface area contributed by atoms with Crippen molar-refractivity contribution < 1.29 is 19.4 Å². The number of phenolic OH excluding ortho intramolecular Hbond substituents is 1. The van der Waals surface area contributed by atoms with E-state index < -0.39 is 11.7 Å². The summed E-state index contributed by atoms with van der Waals surface area (Å²) in [7, 11) is 1.98. The maximum absolute atomic E-state index is 12.9. The maximum Gasteiger partial charge on any atom is 0.407 e. The molecule has 10 heteroatoms. The monoisotopic (exact) mass is 672 g/mol. The van der Waals surface area contributed by atoms with Crippen LogP contribution in [0.15, 0.2) is 79.4 Å². The van der Waals surface area contributed by atoms with Crippen molar-refractivity contribution in [3.63, 3.8) is 0 Å². The van der Waals surface area contributed by atoms with E-state index in [-0.39, 0.29) is 17.7 Å². The molecule has 3 aromatic heterocycles. The van der Waals surface area contributed by atoms with E-state index in [1.165, 1.54) is 22.0 Å². The number of nitrogens with one attached hydrogen (secondary N) is 3. The van der Waals surface area contributed by atoms with Crippen LogP contribution in [0.4, 0.5) is 4.79 Å². The SMILES string of the molecule is Cn1cnc(Cn2cc(CCCNC(=O)OC(C)(C)C)c3ccc(CCCc4[nH]c5ccccc5c4C4NC(=O)c5ccc(O)cc54)cc32)c1. The number of imidazole rings is 1. The first-order valence-corrected chi connectivity index (χ1v) is 17.3. The molecule has 0 aliphatic carbocycles. The topological polar surface area (TPSA) is 126 Å². The number of aromatic amines is 1. The Hall–Kier alpha value is -5.51. The summed E-state index contributed by atoms with van der Waals surface area (Å²) in [4.78, 5) is 33.2. The highest BCUT2D eigenvalue weighted by molar-refractivity contribution is 6.01. The van der Waals surface area contributed by atoms with Crippen molar-refractivity contribution in [1.82, 2.24) is 29.7 Å². The van der Waals surface area contributed by atoms with Gasteiger partial charge in [-0.25, -0.2) is 9.78 Å². The normalized spacial score (nSPS) is 14.3. The zero-order valence-electron chi connectivity index (χ0n) is 29.0. The molecule has 1 atom stereocenters. The van der Waals surface area contributed by atoms with Crippen LogP contribution in [-0.2, 0) is 37.6 Å². The number of phenols is 1. The molecule has 50 heavy (non-hydrogen) atoms. The van der Waals surface area contributed by atoms with E-state index >= 15 is 0 Å². The second-order valence-electron chi connectivity index (χ2n) is 14.3. The van der Waals surface area contributed by atoms with Crippen molar-refractivity contribution in [3.8, 4) is 5.75 Å². The number of hydrogen-bond acceptors (Lipinski definition) is 5. The van der Waals surface area contributed by atoms with Crippen LogP contribution in [0.5, 0.6) is 5.75 Å². The number of aromatic hydroxyl groups is 1. The van der Waals surface area contributed by atoms with Crippen LogP contribution in [0.3, 0.4) is 0 Å². The lowest BCUT2D eigenvalue weighted by atomic mass is 9.94. The Labute approximate surface area is 291 Å². The first-order chi connectivity index (χ1) is 24.0. The fourth-order valence-corrected chi connectivity index (χ4v) is 7.13. The predicted octanol–water partition coefficient (Wildman–Crippen LogP) is 7.08. The van der Waals surface area contributed by atoms with Crippen molar-refractivity contribution in [2.75, 3.05) is 6.54 Å². The molecule has 0 saturated carbocycles. The van der Waals surface area contributed by atoms with Gasteiger partial charge in [0.05, 0.1) is 24.6 Å². The molecule has 0 bridgehead atoms. The summed E-state index contributed by atoms with van der Waals surface area (Å²) < 4.78 is 9.63. The van der Waals surface area contributed by atoms with E-state index in [9.17, 15) is 14.7 Å². The van der Waals surface area contributed by atoms with Gasteiger partial charge in [0.2, 0.25) is 0 Å². The van der Waals surface area contributed by atoms with E-state index in [1.54, 1.807) is 18.2 Å². The zero-order chi connectivity index (χ0) is 35.0. The first-order valence-electron chi connectivity index (χ1n) is 17.3. The number of ether oxygens (including phenoxy) is 1. The van der Waals surface area contributed by atoms with Crippen LogP contribution in [0.1, 0.15) is 83.7 Å². The minimum atomic E-state index is -0.525. The molecule has 7 rings (SSSR count). The zero-order valence-corrected chi connectivity index (χ0v) is 29.0. The van der Waals surface area contributed by atoms with E-state index in [2.05, 4.69) is 61.7 Å². The number of H-pyrrole nitrogens is 1. The van der Waals surface area contributed by atoms with E-state index in [1.807, 2.05) is 57.0 Å². The van der Waals surface area contributed by atoms with Gasteiger partial charge in [-0.05, 0) is 99.9 Å². The molecule has 1 aliphatic rings. The van der Waals surface area contributed by atoms with Crippen LogP contribution in [-0.4, -0.2) is 48.4 Å². The number of hydrogen-bond donors (Lipinski definition) is 4. The van der Waals surface area contributed by atoms with Crippen molar-refractivity contribution in [1.29, 1.82) is 0 Å². The van der Waals surface area contributed by atoms with Gasteiger partial charge in [0, 0.05) is 64.6 Å². The summed E-state index contributed by atoms with van der Waals surface area (Å²) in [5.41, 5.74) is 8.71. The largest absolute Gasteiger partial charge is 0.508 e. The third-order valence-corrected chi connectivity index (χ3v) is 9.29. The van der Waals surface area contributed by atoms with Gasteiger partial charge in [0.1, 0.15) is 11.4 Å². The second-order valence-corrected chi connectivity index (χ2v) is 14.3. The molecular weight excluding hydrogens is 628 g/mol. The molecule has 6 aromatic rings. The van der Waals surface area contributed by atoms with Crippen LogP contribution in [0.25, 0.3) is 21.8 Å². The fraction of sp³-hybridized carbons (Fsp3) is 0.325. The van der Waals surface area contributed by atoms with E-state index in [0.29, 0.717) is 18.7 Å². The number of aromatic nitrogens is 4. The molecule has 258 valence electrons. The molecule has 10 nitrogen and oxygen atoms in total. The number of para-hydroxylation sites is 1. The Kier molecular flexibility index (Phi) is 8.86. The lowest BCUT2D eigenvalue weighted by Gasteiger charge is -2.19. The van der Waals surface area contributed by atoms with Gasteiger partial charge in [0.25, 0.3) is 5.91 Å². The van der Waals surface area contributed by atoms with Gasteiger partial charge in [0.15, 0.2) is 0 Å². The van der Waals surface area contributed by atoms with Crippen LogP contribution in [0.2, 0.25) is 0 Å². The Morgan fingerprint density at radius 3 is 2.64 bits per heavy atom. The second kappa shape index (κ2) is 13.4. The van der Waals surface area contributed by atoms with Crippen molar-refractivity contribution in [2.24, 2.45) is 7.05 Å². The van der Waals surface area contributed by atoms with Crippen LogP contribution < -0.4 is 10.6 Å². The molecular formula is C40H44N6O4. The van der Waals surface area contributed by atoms with Crippen molar-refractivity contribution in [2.45, 2.75) is 71.1 Å². The molecule has 2 amide bonds. The molecule has 4 N–H and O–H groups in total. The summed E-state index contributed by atoms with van der Waals surface area (Å²) in [6.45, 7) is 6.78. The minimum absolute atomic E-state index is 0.123. The molecule has 0 fully saturated rings. The van der Waals surface area contributed by atoms with Crippen LogP contribution in [0, 0.1) is 0 Å². The molecule has 1 unspecified atom stereocenters. The summed E-state index contributed by atoms with van der Waals surface area (Å²) >= 11 is 0. The van der Waals surface area contributed by atoms with E-state index in [0.717, 1.165) is 65.5 Å². The van der Waals surface area contributed by atoms with Gasteiger partial charge < -0.3 is 34.6 Å². The summed E-state index contributed by atoms with van der Waals surface area (Å²) in [6, 6.07) is 19.6. The average Bonchev–Trinajstić information content (AvgIpc) is 3.82. The number of carbonyl (C=O) groups is 2. The highest BCUT2D eigenvalue weighted by Gasteiger charge is 2.33. The highest BCUT2D eigenvalue weighted by Crippen LogP contribution is 2.39.